The lowest BCUT2D eigenvalue weighted by molar-refractivity contribution is 0.805. The molecule has 0 aliphatic rings. The normalized spacial score (nSPS) is 10.7. The van der Waals surface area contributed by atoms with Crippen LogP contribution in [0.5, 0.6) is 0 Å². The van der Waals surface area contributed by atoms with E-state index in [1.807, 2.05) is 11.3 Å². The fourth-order valence-corrected chi connectivity index (χ4v) is 2.86. The van der Waals surface area contributed by atoms with Crippen LogP contribution in [0.1, 0.15) is 21.3 Å². The van der Waals surface area contributed by atoms with Gasteiger partial charge in [-0.3, -0.25) is 0 Å². The van der Waals surface area contributed by atoms with Crippen LogP contribution in [0.4, 0.5) is 0 Å². The van der Waals surface area contributed by atoms with Crippen molar-refractivity contribution in [1.29, 1.82) is 0 Å². The van der Waals surface area contributed by atoms with Gasteiger partial charge in [0.15, 0.2) is 0 Å². The summed E-state index contributed by atoms with van der Waals surface area (Å²) < 4.78 is 0. The van der Waals surface area contributed by atoms with Crippen LogP contribution in [0.2, 0.25) is 0 Å². The Bertz CT molecular complexity index is 394. The highest BCUT2D eigenvalue weighted by atomic mass is 32.1. The minimum atomic E-state index is 0.503. The maximum absolute atomic E-state index is 5.48. The molecule has 2 aromatic heterocycles. The molecule has 0 aromatic carbocycles. The molecule has 0 atom stereocenters. The van der Waals surface area contributed by atoms with Crippen molar-refractivity contribution in [3.8, 4) is 0 Å². The molecule has 0 radical (unpaired) electrons. The van der Waals surface area contributed by atoms with Gasteiger partial charge in [-0.1, -0.05) is 6.07 Å². The second-order valence-electron chi connectivity index (χ2n) is 3.23. The fourth-order valence-electron chi connectivity index (χ4n) is 1.34. The minimum Gasteiger partial charge on any atom is -0.324 e. The van der Waals surface area contributed by atoms with Gasteiger partial charge in [-0.15, -0.1) is 32.9 Å². The first-order chi connectivity index (χ1) is 7.38. The van der Waals surface area contributed by atoms with E-state index < -0.39 is 0 Å². The summed E-state index contributed by atoms with van der Waals surface area (Å²) in [6.07, 6.45) is 3.28. The molecule has 2 rings (SSSR count). The molecule has 0 saturated carbocycles. The Morgan fingerprint density at radius 3 is 2.73 bits per heavy atom. The largest absolute Gasteiger partial charge is 0.324 e. The lowest BCUT2D eigenvalue weighted by Gasteiger charge is -1.94. The molecule has 0 amide bonds. The lowest BCUT2D eigenvalue weighted by atomic mass is 10.2. The number of hydrogen-bond donors (Lipinski definition) is 1. The average molecular weight is 239 g/mol. The lowest BCUT2D eigenvalue weighted by Crippen LogP contribution is -1.94. The minimum absolute atomic E-state index is 0.503. The van der Waals surface area contributed by atoms with Gasteiger partial charge in [-0.05, 0) is 24.3 Å². The first kappa shape index (κ1) is 10.7. The Kier molecular flexibility index (Phi) is 3.82. The standard InChI is InChI=1S/C10H13N3S2/c11-7-10-13-12-9(15-10)5-1-3-8-4-2-6-14-8/h2,4,6H,1,3,5,7,11H2. The van der Waals surface area contributed by atoms with Crippen LogP contribution in [-0.2, 0) is 19.4 Å². The van der Waals surface area contributed by atoms with Gasteiger partial charge in [0.2, 0.25) is 0 Å². The van der Waals surface area contributed by atoms with Gasteiger partial charge in [-0.2, -0.15) is 0 Å². The number of nitrogens with two attached hydrogens (primary N) is 1. The molecule has 0 aliphatic carbocycles. The summed E-state index contributed by atoms with van der Waals surface area (Å²) in [5.41, 5.74) is 5.48. The van der Waals surface area contributed by atoms with Gasteiger partial charge in [0.25, 0.3) is 0 Å². The zero-order valence-electron chi connectivity index (χ0n) is 8.35. The van der Waals surface area contributed by atoms with E-state index in [4.69, 9.17) is 5.73 Å². The van der Waals surface area contributed by atoms with E-state index in [0.29, 0.717) is 6.54 Å². The van der Waals surface area contributed by atoms with Crippen molar-refractivity contribution in [2.24, 2.45) is 5.73 Å². The molecule has 5 heteroatoms. The predicted molar refractivity (Wildman–Crippen MR) is 64.1 cm³/mol. The smallest absolute Gasteiger partial charge is 0.131 e. The van der Waals surface area contributed by atoms with Crippen molar-refractivity contribution < 1.29 is 0 Å². The number of nitrogens with zero attached hydrogens (tertiary/aromatic N) is 2. The number of aryl methyl sites for hydroxylation is 2. The number of thiophene rings is 1. The van der Waals surface area contributed by atoms with Gasteiger partial charge in [0.1, 0.15) is 10.0 Å². The first-order valence-corrected chi connectivity index (χ1v) is 6.62. The van der Waals surface area contributed by atoms with Crippen LogP contribution >= 0.6 is 22.7 Å². The van der Waals surface area contributed by atoms with Crippen LogP contribution in [0, 0.1) is 0 Å². The molecular weight excluding hydrogens is 226 g/mol. The van der Waals surface area contributed by atoms with Crippen molar-refractivity contribution in [2.45, 2.75) is 25.8 Å². The Morgan fingerprint density at radius 1 is 1.20 bits per heavy atom. The summed E-state index contributed by atoms with van der Waals surface area (Å²) in [6, 6.07) is 4.27. The molecule has 0 fully saturated rings. The molecule has 0 unspecified atom stereocenters. The molecule has 3 nitrogen and oxygen atoms in total. The topological polar surface area (TPSA) is 51.8 Å². The SMILES string of the molecule is NCc1nnc(CCCc2cccs2)s1. The van der Waals surface area contributed by atoms with Gasteiger partial charge in [0, 0.05) is 17.8 Å². The van der Waals surface area contributed by atoms with Crippen LogP contribution in [0.25, 0.3) is 0 Å². The van der Waals surface area contributed by atoms with Gasteiger partial charge in [0.05, 0.1) is 0 Å². The summed E-state index contributed by atoms with van der Waals surface area (Å²) in [7, 11) is 0. The molecule has 2 N–H and O–H groups in total. The predicted octanol–water partition coefficient (Wildman–Crippen LogP) is 2.23. The summed E-state index contributed by atoms with van der Waals surface area (Å²) in [5, 5.41) is 12.2. The number of hydrogen-bond acceptors (Lipinski definition) is 5. The molecule has 0 aliphatic heterocycles. The molecule has 15 heavy (non-hydrogen) atoms. The fraction of sp³-hybridized carbons (Fsp3) is 0.400. The Labute approximate surface area is 97.0 Å². The zero-order chi connectivity index (χ0) is 10.5. The van der Waals surface area contributed by atoms with Crippen molar-refractivity contribution in [3.63, 3.8) is 0 Å². The van der Waals surface area contributed by atoms with Crippen molar-refractivity contribution in [1.82, 2.24) is 10.2 Å². The number of rotatable bonds is 5. The maximum atomic E-state index is 5.48. The summed E-state index contributed by atoms with van der Waals surface area (Å²) in [4.78, 5) is 1.44. The average Bonchev–Trinajstić information content (AvgIpc) is 2.88. The van der Waals surface area contributed by atoms with Gasteiger partial charge in [-0.25, -0.2) is 0 Å². The zero-order valence-corrected chi connectivity index (χ0v) is 9.98. The molecule has 80 valence electrons. The third-order valence-electron chi connectivity index (χ3n) is 2.08. The van der Waals surface area contributed by atoms with Crippen LogP contribution < -0.4 is 5.73 Å². The first-order valence-electron chi connectivity index (χ1n) is 4.92. The van der Waals surface area contributed by atoms with E-state index in [9.17, 15) is 0 Å². The number of aromatic nitrogens is 2. The monoisotopic (exact) mass is 239 g/mol. The molecular formula is C10H13N3S2. The highest BCUT2D eigenvalue weighted by Crippen LogP contribution is 2.15. The van der Waals surface area contributed by atoms with Gasteiger partial charge >= 0.3 is 0 Å². The van der Waals surface area contributed by atoms with Crippen molar-refractivity contribution in [2.75, 3.05) is 0 Å². The van der Waals surface area contributed by atoms with E-state index in [-0.39, 0.29) is 0 Å². The summed E-state index contributed by atoms with van der Waals surface area (Å²) >= 11 is 3.44. The van der Waals surface area contributed by atoms with E-state index in [1.54, 1.807) is 11.3 Å². The van der Waals surface area contributed by atoms with Crippen LogP contribution in [0.15, 0.2) is 17.5 Å². The second kappa shape index (κ2) is 5.34. The van der Waals surface area contributed by atoms with E-state index in [0.717, 1.165) is 29.3 Å². The Balaban J connectivity index is 1.78. The second-order valence-corrected chi connectivity index (χ2v) is 5.41. The Morgan fingerprint density at radius 2 is 2.07 bits per heavy atom. The van der Waals surface area contributed by atoms with Gasteiger partial charge < -0.3 is 5.73 Å². The van der Waals surface area contributed by atoms with Crippen molar-refractivity contribution in [3.05, 3.63) is 32.4 Å². The summed E-state index contributed by atoms with van der Waals surface area (Å²) in [5.74, 6) is 0. The maximum Gasteiger partial charge on any atom is 0.131 e. The highest BCUT2D eigenvalue weighted by Gasteiger charge is 2.02. The molecule has 2 heterocycles. The molecule has 0 bridgehead atoms. The molecule has 0 saturated heterocycles. The third-order valence-corrected chi connectivity index (χ3v) is 4.02. The van der Waals surface area contributed by atoms with Crippen LogP contribution in [0.3, 0.4) is 0 Å². The molecule has 2 aromatic rings. The third kappa shape index (κ3) is 3.09. The van der Waals surface area contributed by atoms with E-state index >= 15 is 0 Å². The van der Waals surface area contributed by atoms with E-state index in [1.165, 1.54) is 4.88 Å². The highest BCUT2D eigenvalue weighted by molar-refractivity contribution is 7.11. The van der Waals surface area contributed by atoms with E-state index in [2.05, 4.69) is 27.7 Å². The van der Waals surface area contributed by atoms with Crippen molar-refractivity contribution >= 4 is 22.7 Å². The Hall–Kier alpha value is -0.780. The molecule has 0 spiro atoms. The van der Waals surface area contributed by atoms with Crippen LogP contribution in [-0.4, -0.2) is 10.2 Å². The quantitative estimate of drug-likeness (QED) is 0.870. The summed E-state index contributed by atoms with van der Waals surface area (Å²) in [6.45, 7) is 0.503.